The number of fused-ring (bicyclic) bond motifs is 1. The average Bonchev–Trinajstić information content (AvgIpc) is 2.71. The van der Waals surface area contributed by atoms with E-state index >= 15 is 0 Å². The molecule has 2 N–H and O–H groups in total. The Morgan fingerprint density at radius 3 is 2.32 bits per heavy atom. The number of amides is 2. The summed E-state index contributed by atoms with van der Waals surface area (Å²) in [6.07, 6.45) is -0.849. The maximum Gasteiger partial charge on any atom is 0.279 e. The Hall–Kier alpha value is -3.94. The van der Waals surface area contributed by atoms with Crippen LogP contribution in [0, 0.1) is 10.1 Å². The van der Waals surface area contributed by atoms with E-state index in [1.54, 1.807) is 13.0 Å². The molecule has 1 unspecified atom stereocenters. The van der Waals surface area contributed by atoms with E-state index in [4.69, 9.17) is 4.74 Å². The molecule has 0 bridgehead atoms. The van der Waals surface area contributed by atoms with Crippen LogP contribution in [0.3, 0.4) is 0 Å². The van der Waals surface area contributed by atoms with Gasteiger partial charge in [-0.1, -0.05) is 30.3 Å². The number of nitro groups is 1. The molecule has 0 saturated carbocycles. The SMILES string of the molecule is CC(Oc1ccc2ccccc2c1)C(=O)NNC(=O)c1ccc([N+](=O)[O-])cc1. The van der Waals surface area contributed by atoms with Crippen LogP contribution in [0.2, 0.25) is 0 Å². The first-order valence-electron chi connectivity index (χ1n) is 8.44. The number of non-ortho nitro benzene ring substituents is 1. The maximum atomic E-state index is 12.2. The summed E-state index contributed by atoms with van der Waals surface area (Å²) in [5.74, 6) is -0.604. The van der Waals surface area contributed by atoms with Crippen molar-refractivity contribution >= 4 is 28.3 Å². The van der Waals surface area contributed by atoms with Gasteiger partial charge in [-0.15, -0.1) is 0 Å². The van der Waals surface area contributed by atoms with E-state index in [-0.39, 0.29) is 11.3 Å². The number of nitrogens with zero attached hydrogens (tertiary/aromatic N) is 1. The van der Waals surface area contributed by atoms with Gasteiger partial charge in [0.2, 0.25) is 0 Å². The van der Waals surface area contributed by atoms with Gasteiger partial charge >= 0.3 is 0 Å². The van der Waals surface area contributed by atoms with Gasteiger partial charge in [0.05, 0.1) is 4.92 Å². The molecular weight excluding hydrogens is 362 g/mol. The van der Waals surface area contributed by atoms with E-state index in [0.717, 1.165) is 10.8 Å². The van der Waals surface area contributed by atoms with Gasteiger partial charge in [0, 0.05) is 17.7 Å². The molecule has 0 aliphatic heterocycles. The van der Waals surface area contributed by atoms with Gasteiger partial charge in [0.1, 0.15) is 5.75 Å². The number of ether oxygens (including phenoxy) is 1. The fraction of sp³-hybridized carbons (Fsp3) is 0.100. The summed E-state index contributed by atoms with van der Waals surface area (Å²) >= 11 is 0. The molecule has 2 amide bonds. The zero-order valence-corrected chi connectivity index (χ0v) is 14.9. The Morgan fingerprint density at radius 2 is 1.64 bits per heavy atom. The molecule has 0 fully saturated rings. The summed E-state index contributed by atoms with van der Waals surface area (Å²) in [7, 11) is 0. The van der Waals surface area contributed by atoms with Crippen LogP contribution in [0.15, 0.2) is 66.7 Å². The van der Waals surface area contributed by atoms with Gasteiger partial charge in [-0.25, -0.2) is 0 Å². The minimum absolute atomic E-state index is 0.127. The quantitative estimate of drug-likeness (QED) is 0.523. The van der Waals surface area contributed by atoms with E-state index in [1.807, 2.05) is 36.4 Å². The Morgan fingerprint density at radius 1 is 0.964 bits per heavy atom. The van der Waals surface area contributed by atoms with Crippen molar-refractivity contribution in [2.24, 2.45) is 0 Å². The standard InChI is InChI=1S/C20H17N3O5/c1-13(28-18-11-8-14-4-2-3-5-16(14)12-18)19(24)21-22-20(25)15-6-9-17(10-7-15)23(26)27/h2-13H,1H3,(H,21,24)(H,22,25). The number of carbonyl (C=O) groups is 2. The lowest BCUT2D eigenvalue weighted by Crippen LogP contribution is -2.47. The van der Waals surface area contributed by atoms with Crippen molar-refractivity contribution in [3.63, 3.8) is 0 Å². The fourth-order valence-electron chi connectivity index (χ4n) is 2.53. The number of rotatable bonds is 5. The van der Waals surface area contributed by atoms with Crippen molar-refractivity contribution in [2.45, 2.75) is 13.0 Å². The summed E-state index contributed by atoms with van der Waals surface area (Å²) in [5.41, 5.74) is 4.58. The van der Waals surface area contributed by atoms with Crippen LogP contribution in [0.4, 0.5) is 5.69 Å². The number of hydrogen-bond donors (Lipinski definition) is 2. The second-order valence-corrected chi connectivity index (χ2v) is 6.02. The highest BCUT2D eigenvalue weighted by Crippen LogP contribution is 2.21. The monoisotopic (exact) mass is 379 g/mol. The van der Waals surface area contributed by atoms with E-state index < -0.39 is 22.8 Å². The lowest BCUT2D eigenvalue weighted by molar-refractivity contribution is -0.384. The Balaban J connectivity index is 1.55. The highest BCUT2D eigenvalue weighted by atomic mass is 16.6. The van der Waals surface area contributed by atoms with E-state index in [0.29, 0.717) is 5.75 Å². The number of benzene rings is 3. The molecule has 0 aliphatic rings. The molecule has 3 aromatic carbocycles. The van der Waals surface area contributed by atoms with Crippen molar-refractivity contribution in [2.75, 3.05) is 0 Å². The van der Waals surface area contributed by atoms with E-state index in [2.05, 4.69) is 10.9 Å². The summed E-state index contributed by atoms with van der Waals surface area (Å²) in [4.78, 5) is 34.2. The molecule has 8 heteroatoms. The molecule has 3 rings (SSSR count). The predicted octanol–water partition coefficient (Wildman–Crippen LogP) is 2.98. The van der Waals surface area contributed by atoms with Crippen molar-refractivity contribution in [1.29, 1.82) is 0 Å². The zero-order valence-electron chi connectivity index (χ0n) is 14.9. The molecule has 0 heterocycles. The van der Waals surface area contributed by atoms with Crippen LogP contribution in [0.5, 0.6) is 5.75 Å². The topological polar surface area (TPSA) is 111 Å². The Bertz CT molecular complexity index is 1030. The zero-order chi connectivity index (χ0) is 20.1. The minimum Gasteiger partial charge on any atom is -0.481 e. The smallest absolute Gasteiger partial charge is 0.279 e. The molecule has 0 spiro atoms. The first-order chi connectivity index (χ1) is 13.4. The third-order valence-corrected chi connectivity index (χ3v) is 4.04. The number of carbonyl (C=O) groups excluding carboxylic acids is 2. The van der Waals surface area contributed by atoms with Crippen LogP contribution < -0.4 is 15.6 Å². The molecule has 28 heavy (non-hydrogen) atoms. The molecule has 0 aromatic heterocycles. The van der Waals surface area contributed by atoms with Crippen LogP contribution in [-0.4, -0.2) is 22.8 Å². The largest absolute Gasteiger partial charge is 0.481 e. The Labute approximate surface area is 160 Å². The highest BCUT2D eigenvalue weighted by Gasteiger charge is 2.16. The summed E-state index contributed by atoms with van der Waals surface area (Å²) in [6, 6.07) is 18.3. The molecule has 0 saturated heterocycles. The molecular formula is C20H17N3O5. The number of hydrazine groups is 1. The van der Waals surface area contributed by atoms with Gasteiger partial charge in [-0.3, -0.25) is 30.6 Å². The molecule has 8 nitrogen and oxygen atoms in total. The number of nitro benzene ring substituents is 1. The molecule has 1 atom stereocenters. The first kappa shape index (κ1) is 18.8. The number of hydrogen-bond acceptors (Lipinski definition) is 5. The highest BCUT2D eigenvalue weighted by molar-refractivity contribution is 5.96. The van der Waals surface area contributed by atoms with Gasteiger partial charge in [0.25, 0.3) is 17.5 Å². The molecule has 142 valence electrons. The normalized spacial score (nSPS) is 11.5. The molecule has 3 aromatic rings. The van der Waals surface area contributed by atoms with Gasteiger partial charge in [-0.05, 0) is 42.0 Å². The van der Waals surface area contributed by atoms with Crippen molar-refractivity contribution in [3.8, 4) is 5.75 Å². The lowest BCUT2D eigenvalue weighted by atomic mass is 10.1. The van der Waals surface area contributed by atoms with Crippen LogP contribution in [-0.2, 0) is 4.79 Å². The third-order valence-electron chi connectivity index (χ3n) is 4.04. The van der Waals surface area contributed by atoms with Crippen LogP contribution >= 0.6 is 0 Å². The third kappa shape index (κ3) is 4.42. The predicted molar refractivity (Wildman–Crippen MR) is 103 cm³/mol. The second-order valence-electron chi connectivity index (χ2n) is 6.02. The van der Waals surface area contributed by atoms with E-state index in [9.17, 15) is 19.7 Å². The van der Waals surface area contributed by atoms with Crippen LogP contribution in [0.1, 0.15) is 17.3 Å². The molecule has 0 radical (unpaired) electrons. The summed E-state index contributed by atoms with van der Waals surface area (Å²) in [5, 5.41) is 12.7. The molecule has 0 aliphatic carbocycles. The van der Waals surface area contributed by atoms with Crippen molar-refractivity contribution < 1.29 is 19.2 Å². The van der Waals surface area contributed by atoms with Gasteiger partial charge in [0.15, 0.2) is 6.10 Å². The fourth-order valence-corrected chi connectivity index (χ4v) is 2.53. The van der Waals surface area contributed by atoms with E-state index in [1.165, 1.54) is 24.3 Å². The summed E-state index contributed by atoms with van der Waals surface area (Å²) in [6.45, 7) is 1.56. The first-order valence-corrected chi connectivity index (χ1v) is 8.44. The second kappa shape index (κ2) is 8.17. The lowest BCUT2D eigenvalue weighted by Gasteiger charge is -2.15. The van der Waals surface area contributed by atoms with Crippen LogP contribution in [0.25, 0.3) is 10.8 Å². The van der Waals surface area contributed by atoms with Crippen molar-refractivity contribution in [1.82, 2.24) is 10.9 Å². The van der Waals surface area contributed by atoms with Gasteiger partial charge < -0.3 is 4.74 Å². The minimum atomic E-state index is -0.849. The number of nitrogens with one attached hydrogen (secondary N) is 2. The summed E-state index contributed by atoms with van der Waals surface area (Å²) < 4.78 is 5.63. The van der Waals surface area contributed by atoms with Crippen molar-refractivity contribution in [3.05, 3.63) is 82.4 Å². The van der Waals surface area contributed by atoms with Gasteiger partial charge in [-0.2, -0.15) is 0 Å². The Kier molecular flexibility index (Phi) is 5.50. The maximum absolute atomic E-state index is 12.2. The average molecular weight is 379 g/mol.